The van der Waals surface area contributed by atoms with Crippen LogP contribution in [0.15, 0.2) is 0 Å². The molecule has 1 aliphatic heterocycles. The predicted octanol–water partition coefficient (Wildman–Crippen LogP) is 1.35. The van der Waals surface area contributed by atoms with Gasteiger partial charge in [0.05, 0.1) is 12.3 Å². The van der Waals surface area contributed by atoms with Crippen molar-refractivity contribution in [3.05, 3.63) is 0 Å². The molecule has 1 saturated heterocycles. The Kier molecular flexibility index (Phi) is 3.23. The summed E-state index contributed by atoms with van der Waals surface area (Å²) in [6.45, 7) is 8.20. The molecule has 1 heterocycles. The zero-order chi connectivity index (χ0) is 15.6. The van der Waals surface area contributed by atoms with Crippen molar-refractivity contribution in [1.29, 1.82) is 0 Å². The number of rotatable bonds is 3. The van der Waals surface area contributed by atoms with Crippen LogP contribution in [0, 0.1) is 16.7 Å². The fourth-order valence-corrected chi connectivity index (χ4v) is 7.61. The Morgan fingerprint density at radius 1 is 1.38 bits per heavy atom. The monoisotopic (exact) mass is 314 g/mol. The van der Waals surface area contributed by atoms with Gasteiger partial charge in [0.2, 0.25) is 15.9 Å². The first-order valence-corrected chi connectivity index (χ1v) is 9.50. The van der Waals surface area contributed by atoms with Crippen LogP contribution < -0.4 is 5.32 Å². The molecule has 21 heavy (non-hydrogen) atoms. The van der Waals surface area contributed by atoms with Gasteiger partial charge < -0.3 is 5.32 Å². The van der Waals surface area contributed by atoms with Gasteiger partial charge in [0.1, 0.15) is 0 Å². The van der Waals surface area contributed by atoms with Crippen LogP contribution in [0.5, 0.6) is 0 Å². The van der Waals surface area contributed by atoms with E-state index in [1.807, 2.05) is 13.8 Å². The second-order valence-electron chi connectivity index (χ2n) is 7.89. The van der Waals surface area contributed by atoms with Gasteiger partial charge in [0.25, 0.3) is 0 Å². The van der Waals surface area contributed by atoms with E-state index in [9.17, 15) is 13.2 Å². The summed E-state index contributed by atoms with van der Waals surface area (Å²) in [6, 6.07) is 0.0578. The van der Waals surface area contributed by atoms with Crippen LogP contribution in [-0.2, 0) is 14.8 Å². The van der Waals surface area contributed by atoms with Gasteiger partial charge in [-0.05, 0) is 44.4 Å². The normalized spacial score (nSPS) is 39.7. The summed E-state index contributed by atoms with van der Waals surface area (Å²) < 4.78 is 26.7. The summed E-state index contributed by atoms with van der Waals surface area (Å²) >= 11 is 0. The molecule has 0 aromatic carbocycles. The number of carbonyl (C=O) groups is 1. The average molecular weight is 314 g/mol. The fraction of sp³-hybridized carbons (Fsp3) is 0.933. The van der Waals surface area contributed by atoms with Gasteiger partial charge in [-0.3, -0.25) is 4.79 Å². The Labute approximate surface area is 127 Å². The van der Waals surface area contributed by atoms with Gasteiger partial charge in [-0.15, -0.1) is 0 Å². The standard InChI is InChI=1S/C15H26N2O3S/c1-10(2)16-13(18)8-17-12-7-11-5-6-15(12,14(11,3)4)9-21(17,19)20/h10-12H,5-9H2,1-4H3,(H,16,18)/t11-,12-,15-/m1/s1. The van der Waals surface area contributed by atoms with E-state index < -0.39 is 10.0 Å². The molecule has 0 unspecified atom stereocenters. The zero-order valence-electron chi connectivity index (χ0n) is 13.3. The quantitative estimate of drug-likeness (QED) is 0.855. The first-order valence-electron chi connectivity index (χ1n) is 7.89. The number of sulfonamides is 1. The van der Waals surface area contributed by atoms with Crippen LogP contribution in [-0.4, -0.2) is 43.0 Å². The van der Waals surface area contributed by atoms with E-state index in [0.29, 0.717) is 5.92 Å². The van der Waals surface area contributed by atoms with Crippen molar-refractivity contribution in [3.8, 4) is 0 Å². The molecule has 2 bridgehead atoms. The summed E-state index contributed by atoms with van der Waals surface area (Å²) in [7, 11) is -3.32. The van der Waals surface area contributed by atoms with Crippen LogP contribution >= 0.6 is 0 Å². The van der Waals surface area contributed by atoms with Gasteiger partial charge in [-0.1, -0.05) is 13.8 Å². The maximum atomic E-state index is 12.6. The highest BCUT2D eigenvalue weighted by Gasteiger charge is 2.71. The minimum atomic E-state index is -3.32. The molecular weight excluding hydrogens is 288 g/mol. The van der Waals surface area contributed by atoms with Gasteiger partial charge in [-0.25, -0.2) is 8.42 Å². The van der Waals surface area contributed by atoms with Crippen molar-refractivity contribution in [1.82, 2.24) is 9.62 Å². The highest BCUT2D eigenvalue weighted by atomic mass is 32.2. The van der Waals surface area contributed by atoms with E-state index in [1.54, 1.807) is 0 Å². The fourth-order valence-electron chi connectivity index (χ4n) is 5.09. The minimum Gasteiger partial charge on any atom is -0.353 e. The summed E-state index contributed by atoms with van der Waals surface area (Å²) in [5.41, 5.74) is -0.0807. The number of amides is 1. The third kappa shape index (κ3) is 1.98. The number of nitrogens with one attached hydrogen (secondary N) is 1. The third-order valence-corrected chi connectivity index (χ3v) is 8.26. The largest absolute Gasteiger partial charge is 0.353 e. The van der Waals surface area contributed by atoms with Crippen molar-refractivity contribution in [2.75, 3.05) is 12.3 Å². The molecule has 3 aliphatic rings. The van der Waals surface area contributed by atoms with Crippen molar-refractivity contribution >= 4 is 15.9 Å². The maximum absolute atomic E-state index is 12.6. The highest BCUT2D eigenvalue weighted by molar-refractivity contribution is 7.89. The van der Waals surface area contributed by atoms with Crippen molar-refractivity contribution in [2.24, 2.45) is 16.7 Å². The van der Waals surface area contributed by atoms with Crippen LogP contribution in [0.25, 0.3) is 0 Å². The van der Waals surface area contributed by atoms with E-state index in [1.165, 1.54) is 4.31 Å². The van der Waals surface area contributed by atoms with Gasteiger partial charge in [0.15, 0.2) is 0 Å². The van der Waals surface area contributed by atoms with Crippen LogP contribution in [0.3, 0.4) is 0 Å². The van der Waals surface area contributed by atoms with Crippen molar-refractivity contribution in [3.63, 3.8) is 0 Å². The molecule has 3 rings (SSSR count). The Balaban J connectivity index is 1.88. The van der Waals surface area contributed by atoms with Crippen molar-refractivity contribution in [2.45, 2.75) is 59.0 Å². The lowest BCUT2D eigenvalue weighted by Crippen LogP contribution is -2.46. The Morgan fingerprint density at radius 3 is 2.62 bits per heavy atom. The SMILES string of the molecule is CC(C)NC(=O)CN1[C@@H]2C[C@H]3CC[C@]2(CS1(=O)=O)C3(C)C. The highest BCUT2D eigenvalue weighted by Crippen LogP contribution is 2.69. The van der Waals surface area contributed by atoms with Gasteiger partial charge in [-0.2, -0.15) is 4.31 Å². The molecule has 0 aromatic heterocycles. The molecule has 6 heteroatoms. The van der Waals surface area contributed by atoms with Crippen LogP contribution in [0.2, 0.25) is 0 Å². The lowest BCUT2D eigenvalue weighted by molar-refractivity contribution is -0.122. The lowest BCUT2D eigenvalue weighted by Gasteiger charge is -2.37. The van der Waals surface area contributed by atoms with E-state index in [0.717, 1.165) is 19.3 Å². The van der Waals surface area contributed by atoms with Crippen LogP contribution in [0.1, 0.15) is 47.0 Å². The second kappa shape index (κ2) is 4.44. The summed E-state index contributed by atoms with van der Waals surface area (Å²) in [6.07, 6.45) is 3.03. The molecule has 5 nitrogen and oxygen atoms in total. The van der Waals surface area contributed by atoms with Crippen LogP contribution in [0.4, 0.5) is 0 Å². The van der Waals surface area contributed by atoms with E-state index in [2.05, 4.69) is 19.2 Å². The molecule has 3 atom stereocenters. The van der Waals surface area contributed by atoms with Gasteiger partial charge in [0, 0.05) is 17.5 Å². The molecule has 120 valence electrons. The average Bonchev–Trinajstić information content (AvgIpc) is 2.78. The topological polar surface area (TPSA) is 66.5 Å². The molecule has 1 amide bonds. The molecule has 2 aliphatic carbocycles. The zero-order valence-corrected chi connectivity index (χ0v) is 14.2. The smallest absolute Gasteiger partial charge is 0.235 e. The molecule has 1 N–H and O–H groups in total. The van der Waals surface area contributed by atoms with Crippen molar-refractivity contribution < 1.29 is 13.2 Å². The number of nitrogens with zero attached hydrogens (tertiary/aromatic N) is 1. The molecule has 1 spiro atoms. The van der Waals surface area contributed by atoms with Gasteiger partial charge >= 0.3 is 0 Å². The van der Waals surface area contributed by atoms with E-state index in [4.69, 9.17) is 0 Å². The minimum absolute atomic E-state index is 0.0181. The number of carbonyl (C=O) groups excluding carboxylic acids is 1. The predicted molar refractivity (Wildman–Crippen MR) is 81.1 cm³/mol. The second-order valence-corrected chi connectivity index (χ2v) is 9.81. The number of fused-ring (bicyclic) bond motifs is 1. The first kappa shape index (κ1) is 15.3. The third-order valence-electron chi connectivity index (χ3n) is 6.28. The first-order chi connectivity index (χ1) is 9.60. The lowest BCUT2D eigenvalue weighted by atomic mass is 9.69. The summed E-state index contributed by atoms with van der Waals surface area (Å²) in [5.74, 6) is 0.628. The summed E-state index contributed by atoms with van der Waals surface area (Å²) in [5, 5.41) is 2.80. The molecular formula is C15H26N2O3S. The molecule has 3 fully saturated rings. The molecule has 0 aromatic rings. The Hall–Kier alpha value is -0.620. The summed E-state index contributed by atoms with van der Waals surface area (Å²) in [4.78, 5) is 12.0. The van der Waals surface area contributed by atoms with E-state index >= 15 is 0 Å². The number of hydrogen-bond acceptors (Lipinski definition) is 3. The van der Waals surface area contributed by atoms with E-state index in [-0.39, 0.29) is 41.1 Å². The Morgan fingerprint density at radius 2 is 2.05 bits per heavy atom. The molecule has 2 saturated carbocycles. The Bertz CT molecular complexity index is 569. The molecule has 0 radical (unpaired) electrons. The number of hydrogen-bond donors (Lipinski definition) is 1. The maximum Gasteiger partial charge on any atom is 0.235 e.